The largest absolute Gasteiger partial charge is 0.383 e. The van der Waals surface area contributed by atoms with Gasteiger partial charge in [0.05, 0.1) is 36.4 Å². The van der Waals surface area contributed by atoms with Gasteiger partial charge in [-0.15, -0.1) is 0 Å². The topological polar surface area (TPSA) is 154 Å². The van der Waals surface area contributed by atoms with E-state index in [2.05, 4.69) is 10.1 Å². The zero-order valence-corrected chi connectivity index (χ0v) is 22.5. The van der Waals surface area contributed by atoms with Crippen molar-refractivity contribution in [1.29, 1.82) is 0 Å². The van der Waals surface area contributed by atoms with Crippen molar-refractivity contribution >= 4 is 23.2 Å². The van der Waals surface area contributed by atoms with Crippen LogP contribution in [0.5, 0.6) is 0 Å². The maximum atomic E-state index is 12.8. The fourth-order valence-corrected chi connectivity index (χ4v) is 5.44. The number of carbonyl (C=O) groups is 2. The lowest BCUT2D eigenvalue weighted by Gasteiger charge is -2.38. The van der Waals surface area contributed by atoms with Crippen LogP contribution in [0, 0.1) is 0 Å². The number of rotatable bonds is 9. The van der Waals surface area contributed by atoms with Crippen molar-refractivity contribution in [2.45, 2.75) is 44.1 Å². The second-order valence-corrected chi connectivity index (χ2v) is 9.96. The van der Waals surface area contributed by atoms with Crippen molar-refractivity contribution in [2.75, 3.05) is 26.1 Å². The van der Waals surface area contributed by atoms with Crippen LogP contribution in [-0.4, -0.2) is 62.4 Å². The molecule has 0 saturated heterocycles. The Balaban J connectivity index is 1.49. The Morgan fingerprint density at radius 3 is 2.48 bits per heavy atom. The van der Waals surface area contributed by atoms with E-state index < -0.39 is 11.5 Å². The predicted molar refractivity (Wildman–Crippen MR) is 148 cm³/mol. The van der Waals surface area contributed by atoms with Gasteiger partial charge < -0.3 is 15.2 Å². The van der Waals surface area contributed by atoms with Gasteiger partial charge in [0.25, 0.3) is 5.91 Å². The van der Waals surface area contributed by atoms with Crippen LogP contribution in [0.25, 0.3) is 28.0 Å². The van der Waals surface area contributed by atoms with E-state index in [1.165, 1.54) is 11.4 Å². The lowest BCUT2D eigenvalue weighted by Crippen LogP contribution is -2.50. The minimum absolute atomic E-state index is 0.154. The van der Waals surface area contributed by atoms with E-state index in [1.807, 2.05) is 42.5 Å². The number of hydrogen-bond acceptors (Lipinski definition) is 9. The first-order valence-electron chi connectivity index (χ1n) is 13.2. The monoisotopic (exact) mass is 544 g/mol. The van der Waals surface area contributed by atoms with Gasteiger partial charge in [0.15, 0.2) is 11.4 Å². The third kappa shape index (κ3) is 5.06. The number of nitrogens with two attached hydrogens (primary N) is 1. The van der Waals surface area contributed by atoms with Gasteiger partial charge in [-0.05, 0) is 38.7 Å². The molecular formula is C29H32N6O5. The van der Waals surface area contributed by atoms with Crippen molar-refractivity contribution in [3.05, 3.63) is 66.1 Å². The SMILES string of the molecule is COCCOC1(C(=O)NO)CCC(c2nc3c(-c4ccc(-c5ccccc5)nc4)cnn3c(N)c2C(C)=O)CC1. The highest BCUT2D eigenvalue weighted by atomic mass is 16.5. The lowest BCUT2D eigenvalue weighted by atomic mass is 9.76. The van der Waals surface area contributed by atoms with Crippen LogP contribution < -0.4 is 11.2 Å². The van der Waals surface area contributed by atoms with Gasteiger partial charge in [0, 0.05) is 35.9 Å². The van der Waals surface area contributed by atoms with Gasteiger partial charge in [-0.1, -0.05) is 36.4 Å². The predicted octanol–water partition coefficient (Wildman–Crippen LogP) is 3.81. The number of amides is 1. The molecule has 11 heteroatoms. The number of fused-ring (bicyclic) bond motifs is 1. The molecule has 1 aliphatic rings. The number of carbonyl (C=O) groups excluding carboxylic acids is 2. The van der Waals surface area contributed by atoms with Crippen LogP contribution in [-0.2, 0) is 14.3 Å². The average Bonchev–Trinajstić information content (AvgIpc) is 3.42. The second-order valence-electron chi connectivity index (χ2n) is 9.96. The van der Waals surface area contributed by atoms with E-state index in [9.17, 15) is 14.8 Å². The van der Waals surface area contributed by atoms with E-state index >= 15 is 0 Å². The van der Waals surface area contributed by atoms with E-state index in [0.717, 1.165) is 22.4 Å². The molecule has 0 aliphatic heterocycles. The summed E-state index contributed by atoms with van der Waals surface area (Å²) in [4.78, 5) is 34.9. The van der Waals surface area contributed by atoms with E-state index in [-0.39, 0.29) is 24.1 Å². The zero-order chi connectivity index (χ0) is 28.3. The van der Waals surface area contributed by atoms with Crippen LogP contribution in [0.3, 0.4) is 0 Å². The number of pyridine rings is 1. The van der Waals surface area contributed by atoms with Gasteiger partial charge in [-0.2, -0.15) is 9.61 Å². The number of nitrogen functional groups attached to an aromatic ring is 1. The van der Waals surface area contributed by atoms with E-state index in [1.54, 1.807) is 25.0 Å². The fraction of sp³-hybridized carbons (Fsp3) is 0.345. The molecule has 5 rings (SSSR count). The molecule has 0 atom stereocenters. The van der Waals surface area contributed by atoms with Crippen LogP contribution in [0.4, 0.5) is 5.82 Å². The number of hydroxylamine groups is 1. The highest BCUT2D eigenvalue weighted by Gasteiger charge is 2.44. The molecule has 11 nitrogen and oxygen atoms in total. The van der Waals surface area contributed by atoms with Crippen molar-refractivity contribution in [2.24, 2.45) is 0 Å². The molecular weight excluding hydrogens is 512 g/mol. The summed E-state index contributed by atoms with van der Waals surface area (Å²) in [6.07, 6.45) is 5.10. The Morgan fingerprint density at radius 2 is 1.85 bits per heavy atom. The summed E-state index contributed by atoms with van der Waals surface area (Å²) in [5, 5.41) is 13.8. The number of hydrogen-bond donors (Lipinski definition) is 3. The molecule has 1 aromatic carbocycles. The second kappa shape index (κ2) is 11.5. The Bertz CT molecular complexity index is 1510. The number of benzene rings is 1. The number of aromatic nitrogens is 4. The number of methoxy groups -OCH3 is 1. The fourth-order valence-electron chi connectivity index (χ4n) is 5.44. The smallest absolute Gasteiger partial charge is 0.275 e. The Kier molecular flexibility index (Phi) is 7.88. The van der Waals surface area contributed by atoms with Crippen LogP contribution >= 0.6 is 0 Å². The summed E-state index contributed by atoms with van der Waals surface area (Å²) < 4.78 is 12.4. The molecule has 0 unspecified atom stereocenters. The van der Waals surface area contributed by atoms with Gasteiger partial charge in [0.1, 0.15) is 11.4 Å². The quantitative estimate of drug-likeness (QED) is 0.123. The molecule has 4 aromatic rings. The zero-order valence-electron chi connectivity index (χ0n) is 22.5. The maximum absolute atomic E-state index is 12.8. The number of Topliss-reactive ketones (excluding diaryl/α,β-unsaturated/α-hetero) is 1. The number of nitrogens with one attached hydrogen (secondary N) is 1. The first-order valence-corrected chi connectivity index (χ1v) is 13.2. The first kappa shape index (κ1) is 27.4. The minimum atomic E-state index is -1.19. The molecule has 208 valence electrons. The number of ketones is 1. The van der Waals surface area contributed by atoms with E-state index in [4.69, 9.17) is 20.2 Å². The highest BCUT2D eigenvalue weighted by molar-refractivity contribution is 6.00. The molecule has 0 spiro atoms. The molecule has 1 fully saturated rings. The average molecular weight is 545 g/mol. The molecule has 4 N–H and O–H groups in total. The van der Waals surface area contributed by atoms with Crippen LogP contribution in [0.2, 0.25) is 0 Å². The van der Waals surface area contributed by atoms with Crippen molar-refractivity contribution in [3.8, 4) is 22.4 Å². The van der Waals surface area contributed by atoms with E-state index in [0.29, 0.717) is 49.2 Å². The highest BCUT2D eigenvalue weighted by Crippen LogP contribution is 2.42. The molecule has 3 aromatic heterocycles. The Hall–Kier alpha value is -4.19. The number of anilines is 1. The van der Waals surface area contributed by atoms with Crippen molar-refractivity contribution in [3.63, 3.8) is 0 Å². The first-order chi connectivity index (χ1) is 19.4. The third-order valence-corrected chi connectivity index (χ3v) is 7.57. The third-order valence-electron chi connectivity index (χ3n) is 7.57. The summed E-state index contributed by atoms with van der Waals surface area (Å²) in [6.45, 7) is 1.98. The summed E-state index contributed by atoms with van der Waals surface area (Å²) >= 11 is 0. The Morgan fingerprint density at radius 1 is 1.10 bits per heavy atom. The van der Waals surface area contributed by atoms with Gasteiger partial charge in [0.2, 0.25) is 0 Å². The summed E-state index contributed by atoms with van der Waals surface area (Å²) in [5.41, 5.74) is 11.9. The van der Waals surface area contributed by atoms with Gasteiger partial charge in [-0.25, -0.2) is 10.5 Å². The van der Waals surface area contributed by atoms with Crippen molar-refractivity contribution < 1.29 is 24.3 Å². The molecule has 0 bridgehead atoms. The van der Waals surface area contributed by atoms with Gasteiger partial charge in [-0.3, -0.25) is 19.8 Å². The van der Waals surface area contributed by atoms with Crippen LogP contribution in [0.1, 0.15) is 54.6 Å². The maximum Gasteiger partial charge on any atom is 0.275 e. The molecule has 1 aliphatic carbocycles. The standard InChI is InChI=1S/C29H32N6O5/c1-18(36)24-25(20-10-12-29(13-11-20,28(37)34-38)40-15-14-39-2)33-27-22(17-32-35(27)26(24)30)21-8-9-23(31-16-21)19-6-4-3-5-7-19/h3-9,16-17,20,38H,10-15,30H2,1-2H3,(H,34,37). The molecule has 0 radical (unpaired) electrons. The summed E-state index contributed by atoms with van der Waals surface area (Å²) in [5.74, 6) is -0.748. The van der Waals surface area contributed by atoms with Crippen LogP contribution in [0.15, 0.2) is 54.9 Å². The number of nitrogens with zero attached hydrogens (tertiary/aromatic N) is 4. The minimum Gasteiger partial charge on any atom is -0.383 e. The summed E-state index contributed by atoms with van der Waals surface area (Å²) in [6, 6.07) is 13.8. The van der Waals surface area contributed by atoms with Crippen molar-refractivity contribution in [1.82, 2.24) is 25.1 Å². The van der Waals surface area contributed by atoms with Gasteiger partial charge >= 0.3 is 0 Å². The Labute approximate surface area is 231 Å². The molecule has 3 heterocycles. The molecule has 1 saturated carbocycles. The molecule has 1 amide bonds. The normalized spacial score (nSPS) is 19.0. The lowest BCUT2D eigenvalue weighted by molar-refractivity contribution is -0.163. The molecule has 40 heavy (non-hydrogen) atoms. The number of ether oxygens (including phenoxy) is 2. The summed E-state index contributed by atoms with van der Waals surface area (Å²) in [7, 11) is 1.55.